The van der Waals surface area contributed by atoms with Gasteiger partial charge in [-0.15, -0.1) is 12.4 Å². The summed E-state index contributed by atoms with van der Waals surface area (Å²) in [4.78, 5) is 0. The van der Waals surface area contributed by atoms with Gasteiger partial charge in [0.05, 0.1) is 0 Å². The molecule has 0 bridgehead atoms. The van der Waals surface area contributed by atoms with Gasteiger partial charge in [0.1, 0.15) is 0 Å². The van der Waals surface area contributed by atoms with Crippen molar-refractivity contribution in [3.05, 3.63) is 35.9 Å². The normalized spacial score (nSPS) is 27.4. The first-order chi connectivity index (χ1) is 4.88. The molecule has 0 unspecified atom stereocenters. The van der Waals surface area contributed by atoms with E-state index in [0.717, 1.165) is 0 Å². The maximum atomic E-state index is 5.70. The molecule has 2 N–H and O–H groups in total. The van der Waals surface area contributed by atoms with Crippen LogP contribution in [0.3, 0.4) is 0 Å². The first-order valence-corrected chi connectivity index (χ1v) is 3.68. The molecule has 1 fully saturated rings. The number of rotatable bonds is 1. The summed E-state index contributed by atoms with van der Waals surface area (Å²) in [5, 5.41) is 0. The standard InChI is InChI=1S/C9H11N.ClH/c10-9-6-8(9)7-4-2-1-3-5-7;/h1-5,8-9H,6,10H2;1H/t8-,9+;/m1./s1. The minimum absolute atomic E-state index is 0. The Balaban J connectivity index is 0.000000605. The molecule has 1 aliphatic carbocycles. The molecule has 0 spiro atoms. The summed E-state index contributed by atoms with van der Waals surface area (Å²) in [6.07, 6.45) is 1.17. The Bertz CT molecular complexity index is 222. The van der Waals surface area contributed by atoms with Gasteiger partial charge in [-0.1, -0.05) is 30.3 Å². The Morgan fingerprint density at radius 3 is 2.18 bits per heavy atom. The third-order valence-corrected chi connectivity index (χ3v) is 2.07. The van der Waals surface area contributed by atoms with Gasteiger partial charge in [0.15, 0.2) is 0 Å². The van der Waals surface area contributed by atoms with Crippen molar-refractivity contribution in [2.45, 2.75) is 18.4 Å². The molecule has 0 amide bonds. The summed E-state index contributed by atoms with van der Waals surface area (Å²) in [5.41, 5.74) is 7.10. The number of halogens is 1. The van der Waals surface area contributed by atoms with Gasteiger partial charge < -0.3 is 5.73 Å². The van der Waals surface area contributed by atoms with E-state index >= 15 is 0 Å². The molecule has 1 nitrogen and oxygen atoms in total. The van der Waals surface area contributed by atoms with Gasteiger partial charge in [-0.05, 0) is 12.0 Å². The maximum Gasteiger partial charge on any atom is 0.0115 e. The van der Waals surface area contributed by atoms with Crippen LogP contribution in [0.4, 0.5) is 0 Å². The second-order valence-corrected chi connectivity index (χ2v) is 2.92. The number of nitrogens with two attached hydrogens (primary N) is 1. The highest BCUT2D eigenvalue weighted by Crippen LogP contribution is 2.38. The molecule has 1 aliphatic rings. The topological polar surface area (TPSA) is 26.0 Å². The van der Waals surface area contributed by atoms with Gasteiger partial charge >= 0.3 is 0 Å². The van der Waals surface area contributed by atoms with Crippen molar-refractivity contribution in [3.8, 4) is 0 Å². The molecule has 2 rings (SSSR count). The molecule has 0 heterocycles. The van der Waals surface area contributed by atoms with Gasteiger partial charge in [-0.2, -0.15) is 0 Å². The highest BCUT2D eigenvalue weighted by Gasteiger charge is 2.34. The fourth-order valence-corrected chi connectivity index (χ4v) is 1.30. The Morgan fingerprint density at radius 2 is 1.73 bits per heavy atom. The lowest BCUT2D eigenvalue weighted by atomic mass is 10.1. The Morgan fingerprint density at radius 1 is 1.18 bits per heavy atom. The number of hydrogen-bond acceptors (Lipinski definition) is 1. The number of benzene rings is 1. The minimum Gasteiger partial charge on any atom is -0.327 e. The van der Waals surface area contributed by atoms with Crippen LogP contribution in [0.25, 0.3) is 0 Å². The van der Waals surface area contributed by atoms with E-state index in [2.05, 4.69) is 24.3 Å². The fraction of sp³-hybridized carbons (Fsp3) is 0.333. The molecule has 1 aromatic rings. The van der Waals surface area contributed by atoms with E-state index < -0.39 is 0 Å². The van der Waals surface area contributed by atoms with E-state index in [1.807, 2.05) is 6.07 Å². The monoisotopic (exact) mass is 169 g/mol. The van der Waals surface area contributed by atoms with E-state index in [0.29, 0.717) is 12.0 Å². The lowest BCUT2D eigenvalue weighted by Crippen LogP contribution is -2.00. The zero-order valence-corrected chi connectivity index (χ0v) is 7.05. The molecule has 0 aliphatic heterocycles. The molecular weight excluding hydrogens is 158 g/mol. The van der Waals surface area contributed by atoms with Crippen molar-refractivity contribution in [2.24, 2.45) is 5.73 Å². The predicted molar refractivity (Wildman–Crippen MR) is 49.0 cm³/mol. The molecular formula is C9H12ClN. The van der Waals surface area contributed by atoms with Crippen LogP contribution in [0, 0.1) is 0 Å². The van der Waals surface area contributed by atoms with Crippen LogP contribution in [0.2, 0.25) is 0 Å². The van der Waals surface area contributed by atoms with Crippen molar-refractivity contribution in [2.75, 3.05) is 0 Å². The zero-order valence-electron chi connectivity index (χ0n) is 6.23. The van der Waals surface area contributed by atoms with E-state index in [-0.39, 0.29) is 12.4 Å². The summed E-state index contributed by atoms with van der Waals surface area (Å²) in [6, 6.07) is 10.9. The molecule has 0 saturated heterocycles. The lowest BCUT2D eigenvalue weighted by molar-refractivity contribution is 0.991. The molecule has 0 aromatic heterocycles. The molecule has 2 atom stereocenters. The van der Waals surface area contributed by atoms with Crippen LogP contribution in [0.1, 0.15) is 17.9 Å². The summed E-state index contributed by atoms with van der Waals surface area (Å²) in [7, 11) is 0. The Kier molecular flexibility index (Phi) is 2.53. The second-order valence-electron chi connectivity index (χ2n) is 2.92. The van der Waals surface area contributed by atoms with Crippen molar-refractivity contribution in [1.29, 1.82) is 0 Å². The first kappa shape index (κ1) is 8.57. The van der Waals surface area contributed by atoms with Gasteiger partial charge in [-0.25, -0.2) is 0 Å². The Labute approximate surface area is 73.0 Å². The molecule has 60 valence electrons. The summed E-state index contributed by atoms with van der Waals surface area (Å²) >= 11 is 0. The predicted octanol–water partition coefficient (Wildman–Crippen LogP) is 1.92. The van der Waals surface area contributed by atoms with E-state index in [9.17, 15) is 0 Å². The van der Waals surface area contributed by atoms with Crippen molar-refractivity contribution >= 4 is 12.4 Å². The average Bonchev–Trinajstić information content (AvgIpc) is 2.69. The van der Waals surface area contributed by atoms with Gasteiger partial charge in [0.2, 0.25) is 0 Å². The van der Waals surface area contributed by atoms with Gasteiger partial charge in [0.25, 0.3) is 0 Å². The van der Waals surface area contributed by atoms with Crippen molar-refractivity contribution in [1.82, 2.24) is 0 Å². The van der Waals surface area contributed by atoms with Crippen LogP contribution in [0.5, 0.6) is 0 Å². The van der Waals surface area contributed by atoms with Crippen LogP contribution < -0.4 is 5.73 Å². The van der Waals surface area contributed by atoms with Crippen LogP contribution in [-0.4, -0.2) is 6.04 Å². The third-order valence-electron chi connectivity index (χ3n) is 2.07. The zero-order chi connectivity index (χ0) is 6.97. The maximum absolute atomic E-state index is 5.70. The second kappa shape index (κ2) is 3.24. The first-order valence-electron chi connectivity index (χ1n) is 3.68. The summed E-state index contributed by atoms with van der Waals surface area (Å²) in [5.74, 6) is 0.654. The van der Waals surface area contributed by atoms with Crippen LogP contribution >= 0.6 is 12.4 Å². The lowest BCUT2D eigenvalue weighted by Gasteiger charge is -1.94. The quantitative estimate of drug-likeness (QED) is 0.683. The molecule has 2 heteroatoms. The molecule has 0 radical (unpaired) electrons. The minimum atomic E-state index is 0. The van der Waals surface area contributed by atoms with Crippen LogP contribution in [-0.2, 0) is 0 Å². The third kappa shape index (κ3) is 1.73. The van der Waals surface area contributed by atoms with Gasteiger partial charge in [-0.3, -0.25) is 0 Å². The largest absolute Gasteiger partial charge is 0.327 e. The highest BCUT2D eigenvalue weighted by molar-refractivity contribution is 5.85. The van der Waals surface area contributed by atoms with Crippen LogP contribution in [0.15, 0.2) is 30.3 Å². The Hall–Kier alpha value is -0.530. The van der Waals surface area contributed by atoms with E-state index in [1.54, 1.807) is 0 Å². The molecule has 1 aromatic carbocycles. The fourth-order valence-electron chi connectivity index (χ4n) is 1.30. The van der Waals surface area contributed by atoms with Gasteiger partial charge in [0, 0.05) is 12.0 Å². The van der Waals surface area contributed by atoms with Crippen molar-refractivity contribution < 1.29 is 0 Å². The van der Waals surface area contributed by atoms with E-state index in [1.165, 1.54) is 12.0 Å². The molecule has 11 heavy (non-hydrogen) atoms. The number of hydrogen-bond donors (Lipinski definition) is 1. The highest BCUT2D eigenvalue weighted by atomic mass is 35.5. The SMILES string of the molecule is Cl.N[C@H]1C[C@@H]1c1ccccc1. The molecule has 1 saturated carbocycles. The van der Waals surface area contributed by atoms with E-state index in [4.69, 9.17) is 5.73 Å². The van der Waals surface area contributed by atoms with Crippen molar-refractivity contribution in [3.63, 3.8) is 0 Å². The summed E-state index contributed by atoms with van der Waals surface area (Å²) in [6.45, 7) is 0. The summed E-state index contributed by atoms with van der Waals surface area (Å²) < 4.78 is 0. The average molecular weight is 170 g/mol. The smallest absolute Gasteiger partial charge is 0.0115 e.